The van der Waals surface area contributed by atoms with Gasteiger partial charge in [0.05, 0.1) is 16.7 Å². The lowest BCUT2D eigenvalue weighted by Crippen LogP contribution is -2.47. The molecule has 2 heterocycles. The van der Waals surface area contributed by atoms with Crippen molar-refractivity contribution in [2.24, 2.45) is 5.92 Å². The largest absolute Gasteiger partial charge is 0.493 e. The lowest BCUT2D eigenvalue weighted by Gasteiger charge is -2.43. The fourth-order valence-electron chi connectivity index (χ4n) is 4.65. The van der Waals surface area contributed by atoms with Gasteiger partial charge < -0.3 is 9.64 Å². The third-order valence-corrected chi connectivity index (χ3v) is 7.05. The molecule has 2 aromatic rings. The Bertz CT molecular complexity index is 779. The van der Waals surface area contributed by atoms with Crippen LogP contribution in [0.5, 0.6) is 5.75 Å². The number of piperidine rings is 1. The minimum Gasteiger partial charge on any atom is -0.493 e. The highest BCUT2D eigenvalue weighted by Gasteiger charge is 2.46. The van der Waals surface area contributed by atoms with Gasteiger partial charge in [-0.15, -0.1) is 0 Å². The fraction of sp³-hybridized carbons (Fsp3) is 0.429. The minimum atomic E-state index is 0.423. The number of halogens is 3. The van der Waals surface area contributed by atoms with Gasteiger partial charge in [0.1, 0.15) is 5.75 Å². The summed E-state index contributed by atoms with van der Waals surface area (Å²) in [4.78, 5) is 2.55. The maximum Gasteiger partial charge on any atom is 0.119 e. The summed E-state index contributed by atoms with van der Waals surface area (Å²) in [6.45, 7) is 0.689. The molecule has 4 rings (SSSR count). The van der Waals surface area contributed by atoms with E-state index in [0.29, 0.717) is 40.6 Å². The number of nitrogens with zero attached hydrogens (tertiary/aromatic N) is 1. The Morgan fingerprint density at radius 2 is 1.77 bits per heavy atom. The Kier molecular flexibility index (Phi) is 5.38. The van der Waals surface area contributed by atoms with E-state index in [1.807, 2.05) is 36.4 Å². The number of hydrogen-bond acceptors (Lipinski definition) is 2. The molecule has 26 heavy (non-hydrogen) atoms. The summed E-state index contributed by atoms with van der Waals surface area (Å²) in [5.41, 5.74) is 1.27. The maximum absolute atomic E-state index is 6.30. The van der Waals surface area contributed by atoms with E-state index in [9.17, 15) is 0 Å². The second-order valence-electron chi connectivity index (χ2n) is 7.41. The van der Waals surface area contributed by atoms with Gasteiger partial charge in [-0.1, -0.05) is 40.9 Å². The Hall–Kier alpha value is -0.930. The fourth-order valence-corrected chi connectivity index (χ4v) is 5.09. The van der Waals surface area contributed by atoms with Crippen LogP contribution in [0.3, 0.4) is 0 Å². The molecule has 2 aliphatic heterocycles. The van der Waals surface area contributed by atoms with E-state index in [1.165, 1.54) is 18.4 Å². The smallest absolute Gasteiger partial charge is 0.119 e. The van der Waals surface area contributed by atoms with Gasteiger partial charge in [0.25, 0.3) is 0 Å². The van der Waals surface area contributed by atoms with E-state index in [-0.39, 0.29) is 0 Å². The van der Waals surface area contributed by atoms with Crippen LogP contribution in [0.1, 0.15) is 30.7 Å². The van der Waals surface area contributed by atoms with Gasteiger partial charge >= 0.3 is 0 Å². The van der Waals surface area contributed by atoms with Crippen LogP contribution in [0.2, 0.25) is 15.1 Å². The van der Waals surface area contributed by atoms with E-state index in [0.717, 1.165) is 17.2 Å². The average molecular weight is 411 g/mol. The van der Waals surface area contributed by atoms with Crippen LogP contribution >= 0.6 is 34.8 Å². The first-order valence-electron chi connectivity index (χ1n) is 9.08. The number of fused-ring (bicyclic) bond motifs is 2. The minimum absolute atomic E-state index is 0.423. The van der Waals surface area contributed by atoms with Crippen molar-refractivity contribution in [3.63, 3.8) is 0 Å². The monoisotopic (exact) mass is 409 g/mol. The summed E-state index contributed by atoms with van der Waals surface area (Å²) >= 11 is 18.4. The first-order chi connectivity index (χ1) is 12.5. The van der Waals surface area contributed by atoms with E-state index in [2.05, 4.69) is 18.0 Å². The number of ether oxygens (including phenoxy) is 1. The maximum atomic E-state index is 6.30. The molecule has 2 aliphatic rings. The van der Waals surface area contributed by atoms with Crippen molar-refractivity contribution in [2.75, 3.05) is 13.7 Å². The van der Waals surface area contributed by atoms with Crippen LogP contribution in [0.15, 0.2) is 42.5 Å². The normalized spacial score (nSPS) is 28.3. The van der Waals surface area contributed by atoms with Crippen molar-refractivity contribution < 1.29 is 4.74 Å². The number of benzene rings is 2. The zero-order chi connectivity index (χ0) is 18.3. The summed E-state index contributed by atoms with van der Waals surface area (Å²) in [5.74, 6) is 1.72. The van der Waals surface area contributed by atoms with Gasteiger partial charge in [0, 0.05) is 23.0 Å². The molecule has 0 N–H and O–H groups in total. The summed E-state index contributed by atoms with van der Waals surface area (Å²) < 4.78 is 6.16. The van der Waals surface area contributed by atoms with Crippen molar-refractivity contribution in [3.8, 4) is 5.75 Å². The standard InChI is InChI=1S/C21H22Cl3NO/c1-25-15-5-9-21(25)18(12-26-16-6-3-14(22)4-7-16)17(11-15)13-2-8-19(23)20(24)10-13/h2-4,6-8,10,15,17-18,21H,5,9,11-12H2,1H3/t15?,17-,18-,21+/m1/s1. The van der Waals surface area contributed by atoms with Gasteiger partial charge in [-0.3, -0.25) is 0 Å². The molecule has 2 saturated heterocycles. The van der Waals surface area contributed by atoms with Crippen LogP contribution in [-0.4, -0.2) is 30.6 Å². The van der Waals surface area contributed by atoms with Crippen LogP contribution in [0, 0.1) is 5.92 Å². The molecule has 0 spiro atoms. The molecule has 0 saturated carbocycles. The molecule has 1 unspecified atom stereocenters. The molecule has 5 heteroatoms. The molecular weight excluding hydrogens is 389 g/mol. The average Bonchev–Trinajstić information content (AvgIpc) is 2.88. The quantitative estimate of drug-likeness (QED) is 0.587. The Morgan fingerprint density at radius 3 is 2.50 bits per heavy atom. The SMILES string of the molecule is CN1C2CC[C@H]1[C@H](COc1ccc(Cl)cc1)[C@@H](c1ccc(Cl)c(Cl)c1)C2. The van der Waals surface area contributed by atoms with Crippen molar-refractivity contribution >= 4 is 34.8 Å². The Morgan fingerprint density at radius 1 is 1.00 bits per heavy atom. The van der Waals surface area contributed by atoms with Crippen LogP contribution < -0.4 is 4.74 Å². The second kappa shape index (κ2) is 7.59. The summed E-state index contributed by atoms with van der Waals surface area (Å²) in [7, 11) is 2.25. The van der Waals surface area contributed by atoms with Crippen LogP contribution in [-0.2, 0) is 0 Å². The molecule has 0 aromatic heterocycles. The molecule has 2 bridgehead atoms. The lowest BCUT2D eigenvalue weighted by molar-refractivity contribution is 0.0666. The predicted molar refractivity (Wildman–Crippen MR) is 109 cm³/mol. The molecular formula is C21H22Cl3NO. The summed E-state index contributed by atoms with van der Waals surface area (Å²) in [6.07, 6.45) is 3.63. The second-order valence-corrected chi connectivity index (χ2v) is 8.66. The number of hydrogen-bond donors (Lipinski definition) is 0. The highest BCUT2D eigenvalue weighted by atomic mass is 35.5. The zero-order valence-corrected chi connectivity index (χ0v) is 16.9. The van der Waals surface area contributed by atoms with Crippen molar-refractivity contribution in [1.29, 1.82) is 0 Å². The Labute approximate surface area is 170 Å². The van der Waals surface area contributed by atoms with E-state index in [4.69, 9.17) is 39.5 Å². The van der Waals surface area contributed by atoms with E-state index < -0.39 is 0 Å². The predicted octanol–water partition coefficient (Wildman–Crippen LogP) is 6.29. The highest BCUT2D eigenvalue weighted by Crippen LogP contribution is 2.47. The molecule has 2 fully saturated rings. The Balaban J connectivity index is 1.58. The third kappa shape index (κ3) is 3.57. The highest BCUT2D eigenvalue weighted by molar-refractivity contribution is 6.42. The first-order valence-corrected chi connectivity index (χ1v) is 10.2. The van der Waals surface area contributed by atoms with Gasteiger partial charge in [-0.05, 0) is 74.2 Å². The molecule has 2 nitrogen and oxygen atoms in total. The summed E-state index contributed by atoms with van der Waals surface area (Å²) in [5, 5.41) is 1.97. The lowest BCUT2D eigenvalue weighted by atomic mass is 9.76. The van der Waals surface area contributed by atoms with E-state index in [1.54, 1.807) is 0 Å². The molecule has 2 aromatic carbocycles. The van der Waals surface area contributed by atoms with Crippen molar-refractivity contribution in [2.45, 2.75) is 37.3 Å². The molecule has 0 amide bonds. The van der Waals surface area contributed by atoms with Gasteiger partial charge in [-0.25, -0.2) is 0 Å². The molecule has 4 atom stereocenters. The van der Waals surface area contributed by atoms with Crippen LogP contribution in [0.25, 0.3) is 0 Å². The molecule has 138 valence electrons. The zero-order valence-electron chi connectivity index (χ0n) is 14.7. The van der Waals surface area contributed by atoms with Gasteiger partial charge in [-0.2, -0.15) is 0 Å². The van der Waals surface area contributed by atoms with Crippen LogP contribution in [0.4, 0.5) is 0 Å². The van der Waals surface area contributed by atoms with Gasteiger partial charge in [0.2, 0.25) is 0 Å². The van der Waals surface area contributed by atoms with Gasteiger partial charge in [0.15, 0.2) is 0 Å². The number of rotatable bonds is 4. The van der Waals surface area contributed by atoms with E-state index >= 15 is 0 Å². The molecule has 0 radical (unpaired) electrons. The van der Waals surface area contributed by atoms with Crippen molar-refractivity contribution in [3.05, 3.63) is 63.1 Å². The molecule has 0 aliphatic carbocycles. The topological polar surface area (TPSA) is 12.5 Å². The summed E-state index contributed by atoms with van der Waals surface area (Å²) in [6, 6.07) is 14.9. The third-order valence-electron chi connectivity index (χ3n) is 6.06. The first kappa shape index (κ1) is 18.4. The van der Waals surface area contributed by atoms with Crippen molar-refractivity contribution in [1.82, 2.24) is 4.90 Å².